The number of aliphatic imine (C=N–C) groups is 1. The summed E-state index contributed by atoms with van der Waals surface area (Å²) in [5, 5.41) is 4.09. The quantitative estimate of drug-likeness (QED) is 0.365. The van der Waals surface area contributed by atoms with E-state index in [0.29, 0.717) is 18.4 Å². The molecule has 148 valence electrons. The molecule has 1 aromatic heterocycles. The van der Waals surface area contributed by atoms with E-state index in [9.17, 15) is 0 Å². The van der Waals surface area contributed by atoms with Crippen molar-refractivity contribution in [3.63, 3.8) is 0 Å². The van der Waals surface area contributed by atoms with Crippen LogP contribution in [0, 0.1) is 0 Å². The molecule has 0 unspecified atom stereocenters. The van der Waals surface area contributed by atoms with Crippen LogP contribution in [-0.4, -0.2) is 48.6 Å². The maximum atomic E-state index is 6.19. The lowest BCUT2D eigenvalue weighted by Gasteiger charge is -2.36. The van der Waals surface area contributed by atoms with E-state index in [0.717, 1.165) is 43.3 Å². The van der Waals surface area contributed by atoms with Crippen LogP contribution in [0.3, 0.4) is 0 Å². The van der Waals surface area contributed by atoms with Crippen LogP contribution in [0.1, 0.15) is 30.5 Å². The fourth-order valence-electron chi connectivity index (χ4n) is 2.93. The third kappa shape index (κ3) is 6.22. The summed E-state index contributed by atoms with van der Waals surface area (Å²) in [5.74, 6) is 1.12. The molecule has 1 aromatic carbocycles. The Morgan fingerprint density at radius 1 is 1.22 bits per heavy atom. The molecule has 1 aliphatic heterocycles. The molecule has 1 saturated heterocycles. The largest absolute Gasteiger partial charge is 0.370 e. The number of nitrogens with two attached hydrogens (primary N) is 1. The molecule has 8 heteroatoms. The van der Waals surface area contributed by atoms with Crippen LogP contribution in [0.5, 0.6) is 0 Å². The summed E-state index contributed by atoms with van der Waals surface area (Å²) >= 11 is 7.69. The molecule has 1 fully saturated rings. The minimum Gasteiger partial charge on any atom is -0.370 e. The van der Waals surface area contributed by atoms with Crippen molar-refractivity contribution in [3.8, 4) is 0 Å². The van der Waals surface area contributed by atoms with Gasteiger partial charge in [-0.25, -0.2) is 4.98 Å². The van der Waals surface area contributed by atoms with Gasteiger partial charge in [0.25, 0.3) is 0 Å². The van der Waals surface area contributed by atoms with E-state index in [4.69, 9.17) is 17.3 Å². The predicted molar refractivity (Wildman–Crippen MR) is 127 cm³/mol. The van der Waals surface area contributed by atoms with Crippen LogP contribution in [0.4, 0.5) is 5.69 Å². The third-order valence-corrected chi connectivity index (χ3v) is 5.95. The topological polar surface area (TPSA) is 57.8 Å². The second kappa shape index (κ2) is 10.5. The van der Waals surface area contributed by atoms with Crippen LogP contribution in [0.2, 0.25) is 5.02 Å². The Morgan fingerprint density at radius 2 is 1.89 bits per heavy atom. The van der Waals surface area contributed by atoms with E-state index in [1.54, 1.807) is 11.3 Å². The van der Waals surface area contributed by atoms with Crippen molar-refractivity contribution >= 4 is 58.6 Å². The van der Waals surface area contributed by atoms with Gasteiger partial charge in [-0.2, -0.15) is 0 Å². The van der Waals surface area contributed by atoms with Gasteiger partial charge in [-0.15, -0.1) is 35.3 Å². The summed E-state index contributed by atoms with van der Waals surface area (Å²) in [4.78, 5) is 13.7. The number of hydrogen-bond acceptors (Lipinski definition) is 4. The van der Waals surface area contributed by atoms with Gasteiger partial charge in [-0.1, -0.05) is 25.4 Å². The monoisotopic (exact) mass is 519 g/mol. The molecule has 2 aromatic rings. The molecule has 5 nitrogen and oxygen atoms in total. The summed E-state index contributed by atoms with van der Waals surface area (Å²) in [5.41, 5.74) is 8.51. The van der Waals surface area contributed by atoms with Gasteiger partial charge >= 0.3 is 0 Å². The van der Waals surface area contributed by atoms with Crippen molar-refractivity contribution in [1.82, 2.24) is 9.88 Å². The number of nitrogens with zero attached hydrogens (tertiary/aromatic N) is 4. The normalized spacial score (nSPS) is 15.2. The maximum Gasteiger partial charge on any atom is 0.191 e. The van der Waals surface area contributed by atoms with Crippen molar-refractivity contribution in [2.24, 2.45) is 10.7 Å². The number of piperazine rings is 1. The molecular formula is C19H27ClIN5S. The van der Waals surface area contributed by atoms with Crippen LogP contribution in [0.25, 0.3) is 0 Å². The molecule has 0 aliphatic carbocycles. The molecule has 0 bridgehead atoms. The first-order valence-corrected chi connectivity index (χ1v) is 10.3. The standard InChI is InChI=1S/C19H26ClN5S.HI/c1-14(2)18-23-16(13-26-18)7-8-22-19(21)25-11-9-24(10-12-25)17-5-3-15(20)4-6-17;/h3-6,13-14H,7-12H2,1-2H3,(H2,21,22);1H. The second-order valence-electron chi connectivity index (χ2n) is 6.77. The molecule has 27 heavy (non-hydrogen) atoms. The first-order chi connectivity index (χ1) is 12.5. The highest BCUT2D eigenvalue weighted by Gasteiger charge is 2.18. The van der Waals surface area contributed by atoms with E-state index < -0.39 is 0 Å². The Labute approximate surface area is 187 Å². The van der Waals surface area contributed by atoms with Crippen molar-refractivity contribution in [1.29, 1.82) is 0 Å². The van der Waals surface area contributed by atoms with Gasteiger partial charge in [0.1, 0.15) is 0 Å². The average Bonchev–Trinajstić information content (AvgIpc) is 3.12. The summed E-state index contributed by atoms with van der Waals surface area (Å²) in [7, 11) is 0. The van der Waals surface area contributed by atoms with Crippen LogP contribution < -0.4 is 10.6 Å². The summed E-state index contributed by atoms with van der Waals surface area (Å²) in [6, 6.07) is 7.99. The van der Waals surface area contributed by atoms with Crippen molar-refractivity contribution in [2.45, 2.75) is 26.2 Å². The number of guanidine groups is 1. The Balaban J connectivity index is 0.00000261. The lowest BCUT2D eigenvalue weighted by Crippen LogP contribution is -2.51. The number of aromatic nitrogens is 1. The van der Waals surface area contributed by atoms with Crippen LogP contribution in [0.15, 0.2) is 34.6 Å². The van der Waals surface area contributed by atoms with Crippen molar-refractivity contribution in [3.05, 3.63) is 45.4 Å². The fourth-order valence-corrected chi connectivity index (χ4v) is 3.93. The van der Waals surface area contributed by atoms with E-state index in [1.165, 1.54) is 10.7 Å². The Bertz CT molecular complexity index is 739. The lowest BCUT2D eigenvalue weighted by molar-refractivity contribution is 0.381. The van der Waals surface area contributed by atoms with Gasteiger partial charge in [0.05, 0.1) is 10.7 Å². The van der Waals surface area contributed by atoms with E-state index in [2.05, 4.69) is 51.1 Å². The molecule has 0 saturated carbocycles. The highest BCUT2D eigenvalue weighted by Crippen LogP contribution is 2.20. The summed E-state index contributed by atoms with van der Waals surface area (Å²) in [6.07, 6.45) is 0.842. The summed E-state index contributed by atoms with van der Waals surface area (Å²) in [6.45, 7) is 8.65. The molecular weight excluding hydrogens is 493 g/mol. The maximum absolute atomic E-state index is 6.19. The number of hydrogen-bond donors (Lipinski definition) is 1. The lowest BCUT2D eigenvalue weighted by atomic mass is 10.2. The molecule has 1 aliphatic rings. The molecule has 0 atom stereocenters. The Hall–Kier alpha value is -1.06. The van der Waals surface area contributed by atoms with E-state index >= 15 is 0 Å². The molecule has 2 N–H and O–H groups in total. The number of anilines is 1. The van der Waals surface area contributed by atoms with Gasteiger partial charge < -0.3 is 15.5 Å². The smallest absolute Gasteiger partial charge is 0.191 e. The number of thiazole rings is 1. The summed E-state index contributed by atoms with van der Waals surface area (Å²) < 4.78 is 0. The van der Waals surface area contributed by atoms with E-state index in [1.807, 2.05) is 12.1 Å². The SMILES string of the molecule is CC(C)c1nc(CCN=C(N)N2CCN(c3ccc(Cl)cc3)CC2)cs1.I. The van der Waals surface area contributed by atoms with Crippen molar-refractivity contribution < 1.29 is 0 Å². The predicted octanol–water partition coefficient (Wildman–Crippen LogP) is 4.22. The van der Waals surface area contributed by atoms with Crippen LogP contribution >= 0.6 is 46.9 Å². The molecule has 2 heterocycles. The zero-order valence-corrected chi connectivity index (χ0v) is 19.7. The van der Waals surface area contributed by atoms with Crippen molar-refractivity contribution in [2.75, 3.05) is 37.6 Å². The average molecular weight is 520 g/mol. The number of benzene rings is 1. The molecule has 0 amide bonds. The second-order valence-corrected chi connectivity index (χ2v) is 8.10. The molecule has 0 spiro atoms. The third-order valence-electron chi connectivity index (χ3n) is 4.50. The Kier molecular flexibility index (Phi) is 8.62. The van der Waals surface area contributed by atoms with Gasteiger partial charge in [0.2, 0.25) is 0 Å². The van der Waals surface area contributed by atoms with Crippen LogP contribution in [-0.2, 0) is 6.42 Å². The number of rotatable bonds is 5. The zero-order valence-electron chi connectivity index (χ0n) is 15.8. The molecule has 0 radical (unpaired) electrons. The van der Waals surface area contributed by atoms with Gasteiger partial charge in [0.15, 0.2) is 5.96 Å². The minimum atomic E-state index is 0. The van der Waals surface area contributed by atoms with Gasteiger partial charge in [-0.05, 0) is 24.3 Å². The zero-order chi connectivity index (χ0) is 18.5. The van der Waals surface area contributed by atoms with Gasteiger partial charge in [-0.3, -0.25) is 4.99 Å². The van der Waals surface area contributed by atoms with Gasteiger partial charge in [0, 0.05) is 61.2 Å². The first-order valence-electron chi connectivity index (χ1n) is 9.02. The highest BCUT2D eigenvalue weighted by molar-refractivity contribution is 14.0. The molecule has 3 rings (SSSR count). The first kappa shape index (κ1) is 22.2. The van der Waals surface area contributed by atoms with E-state index in [-0.39, 0.29) is 24.0 Å². The number of halogens is 2. The fraction of sp³-hybridized carbons (Fsp3) is 0.474. The highest BCUT2D eigenvalue weighted by atomic mass is 127. The Morgan fingerprint density at radius 3 is 2.48 bits per heavy atom. The minimum absolute atomic E-state index is 0.